The van der Waals surface area contributed by atoms with Gasteiger partial charge in [0.25, 0.3) is 6.43 Å². The number of imidazole rings is 1. The monoisotopic (exact) mass is 486 g/mol. The molecule has 0 atom stereocenters. The maximum Gasteiger partial charge on any atom is 0.256 e. The van der Waals surface area contributed by atoms with Gasteiger partial charge in [0.05, 0.1) is 56.0 Å². The summed E-state index contributed by atoms with van der Waals surface area (Å²) in [5, 5.41) is 7.88. The lowest BCUT2D eigenvalue weighted by molar-refractivity contribution is -0.131. The molecule has 4 aromatic rings. The molecule has 0 bridgehead atoms. The molecule has 1 spiro atoms. The van der Waals surface area contributed by atoms with Gasteiger partial charge in [0.2, 0.25) is 11.8 Å². The van der Waals surface area contributed by atoms with Crippen LogP contribution in [0.4, 0.5) is 19.1 Å². The average Bonchev–Trinajstić information content (AvgIpc) is 3.37. The van der Waals surface area contributed by atoms with Gasteiger partial charge in [-0.1, -0.05) is 6.07 Å². The van der Waals surface area contributed by atoms with Crippen molar-refractivity contribution in [3.63, 3.8) is 0 Å². The van der Waals surface area contributed by atoms with E-state index in [1.54, 1.807) is 18.2 Å². The van der Waals surface area contributed by atoms with Crippen molar-refractivity contribution in [2.24, 2.45) is 5.41 Å². The third-order valence-corrected chi connectivity index (χ3v) is 7.19. The molecule has 0 radical (unpaired) electrons. The topological polar surface area (TPSA) is 78.5 Å². The fraction of sp³-hybridized carbons (Fsp3) is 0.458. The van der Waals surface area contributed by atoms with Gasteiger partial charge in [0, 0.05) is 11.5 Å². The molecule has 11 heteroatoms. The first-order chi connectivity index (χ1) is 16.9. The zero-order valence-corrected chi connectivity index (χ0v) is 19.2. The van der Waals surface area contributed by atoms with Crippen LogP contribution in [0.25, 0.3) is 27.7 Å². The van der Waals surface area contributed by atoms with Gasteiger partial charge >= 0.3 is 0 Å². The standard InChI is InChI=1S/C24H25F3N6O2/c1-34-22-21-20(14-2-3-17-18(8-14)32(13-28-17)10-19(26)27)16(25)9-33(21)31-23(30-22)29-15-4-6-24(7-5-15)11-35-12-24/h2-3,8-9,13,15,19H,4-7,10-12H2,1H3,(H,29,31). The molecule has 8 nitrogen and oxygen atoms in total. The number of methoxy groups -OCH3 is 1. The summed E-state index contributed by atoms with van der Waals surface area (Å²) in [6, 6.07) is 5.26. The number of fused-ring (bicyclic) bond motifs is 2. The number of benzene rings is 1. The van der Waals surface area contributed by atoms with Crippen LogP contribution in [0.15, 0.2) is 30.7 Å². The molecule has 2 fully saturated rings. The lowest BCUT2D eigenvalue weighted by atomic mass is 9.71. The van der Waals surface area contributed by atoms with E-state index in [0.717, 1.165) is 38.9 Å². The second-order valence-corrected chi connectivity index (χ2v) is 9.49. The lowest BCUT2D eigenvalue weighted by Gasteiger charge is -2.46. The van der Waals surface area contributed by atoms with E-state index >= 15 is 4.39 Å². The van der Waals surface area contributed by atoms with Crippen molar-refractivity contribution in [2.75, 3.05) is 25.6 Å². The smallest absolute Gasteiger partial charge is 0.256 e. The summed E-state index contributed by atoms with van der Waals surface area (Å²) in [7, 11) is 1.47. The Balaban J connectivity index is 1.34. The number of nitrogens with one attached hydrogen (secondary N) is 1. The number of alkyl halides is 2. The summed E-state index contributed by atoms with van der Waals surface area (Å²) < 4.78 is 54.9. The van der Waals surface area contributed by atoms with Gasteiger partial charge in [-0.3, -0.25) is 0 Å². The van der Waals surface area contributed by atoms with Crippen LogP contribution in [0.3, 0.4) is 0 Å². The van der Waals surface area contributed by atoms with Gasteiger partial charge < -0.3 is 19.4 Å². The number of aromatic nitrogens is 5. The van der Waals surface area contributed by atoms with Crippen LogP contribution in [-0.2, 0) is 11.3 Å². The van der Waals surface area contributed by atoms with Crippen LogP contribution in [-0.4, -0.2) is 56.9 Å². The van der Waals surface area contributed by atoms with E-state index in [0.29, 0.717) is 33.5 Å². The van der Waals surface area contributed by atoms with Crippen molar-refractivity contribution in [1.29, 1.82) is 0 Å². The largest absolute Gasteiger partial charge is 0.479 e. The highest BCUT2D eigenvalue weighted by molar-refractivity contribution is 5.90. The summed E-state index contributed by atoms with van der Waals surface area (Å²) in [5.74, 6) is 0.0769. The molecular formula is C24H25F3N6O2. The van der Waals surface area contributed by atoms with Gasteiger partial charge in [-0.2, -0.15) is 4.98 Å². The van der Waals surface area contributed by atoms with Crippen molar-refractivity contribution < 1.29 is 22.6 Å². The molecule has 0 unspecified atom stereocenters. The van der Waals surface area contributed by atoms with E-state index < -0.39 is 18.8 Å². The predicted octanol–water partition coefficient (Wildman–Crippen LogP) is 4.53. The molecule has 1 saturated carbocycles. The van der Waals surface area contributed by atoms with Gasteiger partial charge in [-0.15, -0.1) is 5.10 Å². The summed E-state index contributed by atoms with van der Waals surface area (Å²) in [4.78, 5) is 8.68. The Morgan fingerprint density at radius 2 is 2.06 bits per heavy atom. The normalized spacial score (nSPS) is 18.0. The van der Waals surface area contributed by atoms with E-state index in [1.165, 1.54) is 28.7 Å². The second-order valence-electron chi connectivity index (χ2n) is 9.49. The number of halogens is 3. The third-order valence-electron chi connectivity index (χ3n) is 7.19. The molecule has 6 rings (SSSR count). The first kappa shape index (κ1) is 22.1. The molecule has 1 aliphatic carbocycles. The van der Waals surface area contributed by atoms with Gasteiger partial charge in [0.1, 0.15) is 5.52 Å². The molecule has 1 N–H and O–H groups in total. The Bertz CT molecular complexity index is 1390. The highest BCUT2D eigenvalue weighted by Crippen LogP contribution is 2.43. The van der Waals surface area contributed by atoms with Gasteiger partial charge in [0.15, 0.2) is 5.82 Å². The minimum absolute atomic E-state index is 0.223. The molecule has 4 heterocycles. The van der Waals surface area contributed by atoms with Crippen LogP contribution < -0.4 is 10.1 Å². The number of ether oxygens (including phenoxy) is 2. The highest BCUT2D eigenvalue weighted by Gasteiger charge is 2.41. The zero-order valence-electron chi connectivity index (χ0n) is 19.2. The summed E-state index contributed by atoms with van der Waals surface area (Å²) >= 11 is 0. The third kappa shape index (κ3) is 3.87. The maximum absolute atomic E-state index is 15.2. The fourth-order valence-electron chi connectivity index (χ4n) is 5.24. The number of nitrogens with zero attached hydrogens (tertiary/aromatic N) is 5. The van der Waals surface area contributed by atoms with Crippen LogP contribution in [0.5, 0.6) is 5.88 Å². The first-order valence-corrected chi connectivity index (χ1v) is 11.7. The zero-order chi connectivity index (χ0) is 24.2. The number of hydrogen-bond donors (Lipinski definition) is 1. The quantitative estimate of drug-likeness (QED) is 0.432. The van der Waals surface area contributed by atoms with E-state index in [2.05, 4.69) is 20.4 Å². The van der Waals surface area contributed by atoms with Crippen molar-refractivity contribution in [2.45, 2.75) is 44.7 Å². The highest BCUT2D eigenvalue weighted by atomic mass is 19.3. The van der Waals surface area contributed by atoms with E-state index in [9.17, 15) is 8.78 Å². The summed E-state index contributed by atoms with van der Waals surface area (Å²) in [6.45, 7) is 1.20. The molecule has 3 aromatic heterocycles. The Morgan fingerprint density at radius 3 is 2.74 bits per heavy atom. The number of hydrogen-bond acceptors (Lipinski definition) is 6. The van der Waals surface area contributed by atoms with Crippen LogP contribution >= 0.6 is 0 Å². The van der Waals surface area contributed by atoms with Gasteiger partial charge in [-0.25, -0.2) is 22.7 Å². The Labute approximate surface area is 199 Å². The van der Waals surface area contributed by atoms with Crippen LogP contribution in [0.2, 0.25) is 0 Å². The summed E-state index contributed by atoms with van der Waals surface area (Å²) in [5.41, 5.74) is 2.48. The fourth-order valence-corrected chi connectivity index (χ4v) is 5.24. The average molecular weight is 486 g/mol. The molecule has 1 aliphatic heterocycles. The Kier molecular flexibility index (Phi) is 5.32. The number of anilines is 1. The minimum Gasteiger partial charge on any atom is -0.479 e. The van der Waals surface area contributed by atoms with Gasteiger partial charge in [-0.05, 0) is 43.4 Å². The van der Waals surface area contributed by atoms with Crippen LogP contribution in [0, 0.1) is 11.2 Å². The van der Waals surface area contributed by atoms with Crippen molar-refractivity contribution >= 4 is 22.5 Å². The van der Waals surface area contributed by atoms with Crippen molar-refractivity contribution in [3.05, 3.63) is 36.5 Å². The maximum atomic E-state index is 15.2. The van der Waals surface area contributed by atoms with E-state index in [-0.39, 0.29) is 17.5 Å². The molecule has 35 heavy (non-hydrogen) atoms. The van der Waals surface area contributed by atoms with E-state index in [4.69, 9.17) is 9.47 Å². The number of rotatable bonds is 6. The molecular weight excluding hydrogens is 461 g/mol. The van der Waals surface area contributed by atoms with E-state index in [1.807, 2.05) is 0 Å². The molecule has 184 valence electrons. The summed E-state index contributed by atoms with van der Waals surface area (Å²) in [6.07, 6.45) is 4.28. The molecule has 2 aliphatic rings. The van der Waals surface area contributed by atoms with Crippen LogP contribution in [0.1, 0.15) is 25.7 Å². The Morgan fingerprint density at radius 1 is 1.26 bits per heavy atom. The SMILES string of the molecule is COc1nc(NC2CCC3(CC2)COC3)nn2cc(F)c(-c3ccc4ncn(CC(F)F)c4c3)c12. The second kappa shape index (κ2) is 8.40. The van der Waals surface area contributed by atoms with Crippen molar-refractivity contribution in [3.8, 4) is 17.0 Å². The molecule has 1 saturated heterocycles. The minimum atomic E-state index is -2.53. The molecule has 0 amide bonds. The first-order valence-electron chi connectivity index (χ1n) is 11.7. The predicted molar refractivity (Wildman–Crippen MR) is 123 cm³/mol. The Hall–Kier alpha value is -3.34. The molecule has 1 aromatic carbocycles. The van der Waals surface area contributed by atoms with Crippen molar-refractivity contribution in [1.82, 2.24) is 24.1 Å². The lowest BCUT2D eigenvalue weighted by Crippen LogP contribution is -2.47.